The quantitative estimate of drug-likeness (QED) is 0.671. The van der Waals surface area contributed by atoms with Crippen molar-refractivity contribution in [2.75, 3.05) is 44.0 Å². The minimum absolute atomic E-state index is 0.0286. The van der Waals surface area contributed by atoms with E-state index in [-0.39, 0.29) is 24.5 Å². The summed E-state index contributed by atoms with van der Waals surface area (Å²) >= 11 is 0. The van der Waals surface area contributed by atoms with Gasteiger partial charge in [-0.15, -0.1) is 0 Å². The third kappa shape index (κ3) is 4.33. The minimum atomic E-state index is 0.0286. The van der Waals surface area contributed by atoms with Crippen molar-refractivity contribution in [1.82, 2.24) is 19.9 Å². The Hall–Kier alpha value is -3.51. The molecule has 34 heavy (non-hydrogen) atoms. The van der Waals surface area contributed by atoms with Gasteiger partial charge in [-0.2, -0.15) is 5.26 Å². The van der Waals surface area contributed by atoms with Crippen LogP contribution in [0, 0.1) is 17.2 Å². The van der Waals surface area contributed by atoms with Crippen LogP contribution in [-0.2, 0) is 9.53 Å². The number of methoxy groups -OCH3 is 1. The van der Waals surface area contributed by atoms with Gasteiger partial charge in [0.2, 0.25) is 11.9 Å². The Morgan fingerprint density at radius 3 is 2.71 bits per heavy atom. The number of aromatic nitrogens is 3. The van der Waals surface area contributed by atoms with Gasteiger partial charge in [0.15, 0.2) is 0 Å². The summed E-state index contributed by atoms with van der Waals surface area (Å²) in [6, 6.07) is 6.18. The van der Waals surface area contributed by atoms with Crippen LogP contribution in [0.4, 0.5) is 11.8 Å². The highest BCUT2D eigenvalue weighted by molar-refractivity contribution is 5.78. The maximum absolute atomic E-state index is 12.6. The van der Waals surface area contributed by atoms with Gasteiger partial charge >= 0.3 is 0 Å². The Balaban J connectivity index is 1.51. The summed E-state index contributed by atoms with van der Waals surface area (Å²) < 4.78 is 5.10. The summed E-state index contributed by atoms with van der Waals surface area (Å²) in [5.41, 5.74) is 9.50. The summed E-state index contributed by atoms with van der Waals surface area (Å²) in [6.45, 7) is 5.78. The number of carbonyl (C=O) groups is 1. The summed E-state index contributed by atoms with van der Waals surface area (Å²) in [7, 11) is 1.55. The fourth-order valence-electron chi connectivity index (χ4n) is 4.84. The van der Waals surface area contributed by atoms with Crippen molar-refractivity contribution in [3.63, 3.8) is 0 Å². The molecule has 0 bridgehead atoms. The molecule has 2 aromatic rings. The fraction of sp³-hybridized carbons (Fsp3) is 0.480. The van der Waals surface area contributed by atoms with Crippen LogP contribution in [0.25, 0.3) is 17.3 Å². The molecule has 1 amide bonds. The number of nitrogen functional groups attached to an aromatic ring is 1. The van der Waals surface area contributed by atoms with Crippen molar-refractivity contribution in [1.29, 1.82) is 5.26 Å². The van der Waals surface area contributed by atoms with Gasteiger partial charge in [0.25, 0.3) is 0 Å². The lowest BCUT2D eigenvalue weighted by molar-refractivity contribution is -0.138. The predicted octanol–water partition coefficient (Wildman–Crippen LogP) is 2.59. The second-order valence-corrected chi connectivity index (χ2v) is 9.29. The maximum atomic E-state index is 12.6. The molecule has 1 aliphatic heterocycles. The smallest absolute Gasteiger partial charge is 0.248 e. The molecule has 1 unspecified atom stereocenters. The van der Waals surface area contributed by atoms with E-state index in [0.29, 0.717) is 54.2 Å². The first-order valence-electron chi connectivity index (χ1n) is 11.8. The molecule has 2 saturated carbocycles. The van der Waals surface area contributed by atoms with E-state index in [4.69, 9.17) is 15.5 Å². The molecular weight excluding hydrogens is 430 g/mol. The normalized spacial score (nSPS) is 20.2. The number of piperazine rings is 1. The molecule has 3 aliphatic rings. The Kier molecular flexibility index (Phi) is 5.92. The number of carbonyl (C=O) groups excluding carboxylic acids is 1. The van der Waals surface area contributed by atoms with Gasteiger partial charge in [0.05, 0.1) is 28.7 Å². The van der Waals surface area contributed by atoms with Crippen LogP contribution in [0.2, 0.25) is 0 Å². The maximum Gasteiger partial charge on any atom is 0.248 e. The van der Waals surface area contributed by atoms with E-state index in [1.807, 2.05) is 17.0 Å². The van der Waals surface area contributed by atoms with E-state index in [1.165, 1.54) is 0 Å². The largest absolute Gasteiger partial charge is 0.375 e. The van der Waals surface area contributed by atoms with Gasteiger partial charge < -0.3 is 20.3 Å². The van der Waals surface area contributed by atoms with Crippen molar-refractivity contribution < 1.29 is 9.53 Å². The lowest BCUT2D eigenvalue weighted by Crippen LogP contribution is -2.57. The third-order valence-corrected chi connectivity index (χ3v) is 6.84. The topological polar surface area (TPSA) is 121 Å². The second-order valence-electron chi connectivity index (χ2n) is 9.29. The number of rotatable bonds is 7. The molecule has 176 valence electrons. The van der Waals surface area contributed by atoms with E-state index >= 15 is 0 Å². The first-order chi connectivity index (χ1) is 16.5. The average Bonchev–Trinajstić information content (AvgIpc) is 3.76. The number of pyridine rings is 1. The Bertz CT molecular complexity index is 1170. The molecule has 9 heteroatoms. The lowest BCUT2D eigenvalue weighted by Gasteiger charge is -2.42. The van der Waals surface area contributed by atoms with Crippen LogP contribution in [0.3, 0.4) is 0 Å². The number of anilines is 2. The van der Waals surface area contributed by atoms with Crippen LogP contribution in [0.5, 0.6) is 0 Å². The molecule has 0 aromatic carbocycles. The number of nitrogens with zero attached hydrogens (tertiary/aromatic N) is 6. The predicted molar refractivity (Wildman–Crippen MR) is 129 cm³/mol. The number of ether oxygens (including phenoxy) is 1. The Morgan fingerprint density at radius 2 is 2.06 bits per heavy atom. The Labute approximate surface area is 199 Å². The first-order valence-corrected chi connectivity index (χ1v) is 11.8. The highest BCUT2D eigenvalue weighted by atomic mass is 16.5. The van der Waals surface area contributed by atoms with Crippen molar-refractivity contribution in [2.24, 2.45) is 5.92 Å². The minimum Gasteiger partial charge on any atom is -0.375 e. The number of hydrogen-bond donors (Lipinski definition) is 1. The molecular formula is C25H29N7O2. The van der Waals surface area contributed by atoms with Gasteiger partial charge in [0, 0.05) is 38.2 Å². The van der Waals surface area contributed by atoms with E-state index in [1.54, 1.807) is 13.2 Å². The van der Waals surface area contributed by atoms with Crippen LogP contribution in [0.15, 0.2) is 18.7 Å². The lowest BCUT2D eigenvalue weighted by atomic mass is 10.0. The molecule has 0 radical (unpaired) electrons. The number of nitrogens with two attached hydrogens (primary N) is 1. The van der Waals surface area contributed by atoms with Gasteiger partial charge in [-0.3, -0.25) is 4.79 Å². The molecule has 1 atom stereocenters. The molecule has 2 aliphatic carbocycles. The molecule has 1 saturated heterocycles. The van der Waals surface area contributed by atoms with Crippen LogP contribution < -0.4 is 10.6 Å². The van der Waals surface area contributed by atoms with E-state index < -0.39 is 0 Å². The molecule has 9 nitrogen and oxygen atoms in total. The molecule has 3 heterocycles. The summed E-state index contributed by atoms with van der Waals surface area (Å²) in [6.07, 6.45) is 6.00. The number of amides is 1. The fourth-order valence-corrected chi connectivity index (χ4v) is 4.84. The van der Waals surface area contributed by atoms with Crippen LogP contribution in [-0.4, -0.2) is 65.2 Å². The van der Waals surface area contributed by atoms with Crippen LogP contribution in [0.1, 0.15) is 48.6 Å². The molecule has 3 fully saturated rings. The van der Waals surface area contributed by atoms with E-state index in [0.717, 1.165) is 36.9 Å². The second kappa shape index (κ2) is 9.03. The summed E-state index contributed by atoms with van der Waals surface area (Å²) in [5.74, 6) is 1.73. The standard InChI is InChI=1S/C25H29N7O2/c1-3-18-11-20(29-25(27)28-18)19-10-17(12-26)24(30-23(19)16-6-7-16)31-8-9-32(22(33)14-34-2)21(13-31)15-4-5-15/h3,10-11,15-16,21H,1,4-9,13-14H2,2H3,(H2,27,28,29). The number of nitriles is 1. The highest BCUT2D eigenvalue weighted by Crippen LogP contribution is 2.45. The SMILES string of the molecule is C=Cc1cc(-c2cc(C#N)c(N3CCN(C(=O)COC)C(C4CC4)C3)nc2C2CC2)nc(N)n1. The zero-order valence-electron chi connectivity index (χ0n) is 19.4. The summed E-state index contributed by atoms with van der Waals surface area (Å²) in [5, 5.41) is 10.0. The van der Waals surface area contributed by atoms with Crippen molar-refractivity contribution >= 4 is 23.7 Å². The summed E-state index contributed by atoms with van der Waals surface area (Å²) in [4.78, 5) is 30.4. The van der Waals surface area contributed by atoms with Gasteiger partial charge in [-0.1, -0.05) is 6.58 Å². The molecule has 0 spiro atoms. The van der Waals surface area contributed by atoms with Gasteiger partial charge in [-0.25, -0.2) is 15.0 Å². The molecule has 2 N–H and O–H groups in total. The molecule has 5 rings (SSSR count). The molecule has 2 aromatic heterocycles. The highest BCUT2D eigenvalue weighted by Gasteiger charge is 2.41. The third-order valence-electron chi connectivity index (χ3n) is 6.84. The first kappa shape index (κ1) is 22.3. The zero-order chi connectivity index (χ0) is 23.8. The van der Waals surface area contributed by atoms with E-state index in [2.05, 4.69) is 27.5 Å². The monoisotopic (exact) mass is 459 g/mol. The average molecular weight is 460 g/mol. The number of hydrogen-bond acceptors (Lipinski definition) is 8. The van der Waals surface area contributed by atoms with Crippen molar-refractivity contribution in [3.8, 4) is 17.3 Å². The van der Waals surface area contributed by atoms with Crippen LogP contribution >= 0.6 is 0 Å². The van der Waals surface area contributed by atoms with Crippen molar-refractivity contribution in [2.45, 2.75) is 37.6 Å². The van der Waals surface area contributed by atoms with Gasteiger partial charge in [0.1, 0.15) is 18.5 Å². The van der Waals surface area contributed by atoms with E-state index in [9.17, 15) is 10.1 Å². The zero-order valence-corrected chi connectivity index (χ0v) is 19.4. The van der Waals surface area contributed by atoms with Gasteiger partial charge in [-0.05, 0) is 49.8 Å². The van der Waals surface area contributed by atoms with Crippen molar-refractivity contribution in [3.05, 3.63) is 35.7 Å². The Morgan fingerprint density at radius 1 is 1.26 bits per heavy atom.